The van der Waals surface area contributed by atoms with Crippen LogP contribution in [0.4, 0.5) is 24.5 Å². The van der Waals surface area contributed by atoms with E-state index in [1.54, 1.807) is 6.07 Å². The van der Waals surface area contributed by atoms with Gasteiger partial charge in [0, 0.05) is 35.6 Å². The van der Waals surface area contributed by atoms with Crippen LogP contribution in [-0.2, 0) is 17.3 Å². The minimum absolute atomic E-state index is 0.0860. The number of nitrogens with one attached hydrogen (secondary N) is 1. The number of aromatic nitrogens is 1. The zero-order valence-corrected chi connectivity index (χ0v) is 20.1. The molecule has 2 atom stereocenters. The first kappa shape index (κ1) is 24.9. The third-order valence-corrected chi connectivity index (χ3v) is 7.01. The summed E-state index contributed by atoms with van der Waals surface area (Å²) in [5.41, 5.74) is 4.30. The van der Waals surface area contributed by atoms with Crippen LogP contribution in [0.2, 0.25) is 0 Å². The highest BCUT2D eigenvalue weighted by molar-refractivity contribution is 6.04. The molecule has 0 bridgehead atoms. The van der Waals surface area contributed by atoms with Gasteiger partial charge in [-0.3, -0.25) is 9.78 Å². The van der Waals surface area contributed by atoms with Crippen molar-refractivity contribution in [3.05, 3.63) is 82.0 Å². The van der Waals surface area contributed by atoms with Gasteiger partial charge in [-0.2, -0.15) is 18.1 Å². The molecule has 37 heavy (non-hydrogen) atoms. The van der Waals surface area contributed by atoms with E-state index in [0.717, 1.165) is 53.2 Å². The van der Waals surface area contributed by atoms with Crippen molar-refractivity contribution in [1.29, 1.82) is 0 Å². The minimum atomic E-state index is -4.64. The van der Waals surface area contributed by atoms with Crippen LogP contribution in [0.5, 0.6) is 0 Å². The second-order valence-corrected chi connectivity index (χ2v) is 9.37. The normalized spacial score (nSPS) is 19.1. The Morgan fingerprint density at radius 1 is 1.19 bits per heavy atom. The Balaban J connectivity index is 1.43. The van der Waals surface area contributed by atoms with Gasteiger partial charge in [-0.25, -0.2) is 0 Å². The highest BCUT2D eigenvalue weighted by atomic mass is 19.4. The van der Waals surface area contributed by atoms with Crippen molar-refractivity contribution in [3.63, 3.8) is 0 Å². The molecule has 0 aliphatic carbocycles. The number of rotatable bonds is 5. The molecule has 1 saturated heterocycles. The van der Waals surface area contributed by atoms with Crippen LogP contribution in [-0.4, -0.2) is 43.2 Å². The van der Waals surface area contributed by atoms with E-state index >= 15 is 0 Å². The third kappa shape index (κ3) is 5.06. The van der Waals surface area contributed by atoms with Gasteiger partial charge >= 0.3 is 6.18 Å². The summed E-state index contributed by atoms with van der Waals surface area (Å²) in [6.45, 7) is 4.08. The van der Waals surface area contributed by atoms with Crippen molar-refractivity contribution in [2.45, 2.75) is 25.6 Å². The Hall–Kier alpha value is -3.79. The maximum absolute atomic E-state index is 13.0. The Morgan fingerprint density at radius 2 is 2.03 bits per heavy atom. The topological polar surface area (TPSA) is 83.9 Å². The van der Waals surface area contributed by atoms with Crippen LogP contribution in [0.1, 0.15) is 27.2 Å². The zero-order valence-electron chi connectivity index (χ0n) is 20.1. The van der Waals surface area contributed by atoms with Crippen LogP contribution in [0.25, 0.3) is 11.1 Å². The highest BCUT2D eigenvalue weighted by Gasteiger charge is 2.37. The molecule has 7 nitrogen and oxygen atoms in total. The Morgan fingerprint density at radius 3 is 2.81 bits per heavy atom. The number of alkyl halides is 3. The van der Waals surface area contributed by atoms with Crippen molar-refractivity contribution in [1.82, 2.24) is 4.98 Å². The lowest BCUT2D eigenvalue weighted by Gasteiger charge is -2.45. The number of halogens is 3. The van der Waals surface area contributed by atoms with Gasteiger partial charge in [0.1, 0.15) is 5.69 Å². The molecule has 2 unspecified atom stereocenters. The zero-order chi connectivity index (χ0) is 26.2. The molecule has 2 aliphatic heterocycles. The van der Waals surface area contributed by atoms with E-state index in [-0.39, 0.29) is 24.1 Å². The molecular formula is C27H25F3N4O3. The second kappa shape index (κ2) is 9.93. The fourth-order valence-corrected chi connectivity index (χ4v) is 5.13. The van der Waals surface area contributed by atoms with Crippen LogP contribution >= 0.6 is 0 Å². The highest BCUT2D eigenvalue weighted by Crippen LogP contribution is 2.39. The molecule has 1 amide bonds. The van der Waals surface area contributed by atoms with Crippen LogP contribution in [0.3, 0.4) is 0 Å². The molecule has 3 heterocycles. The summed E-state index contributed by atoms with van der Waals surface area (Å²) >= 11 is 0. The number of benzene rings is 2. The lowest BCUT2D eigenvalue weighted by atomic mass is 9.84. The number of pyridine rings is 1. The smallest absolute Gasteiger partial charge is 0.377 e. The quantitative estimate of drug-likeness (QED) is 0.460. The maximum atomic E-state index is 13.0. The lowest BCUT2D eigenvalue weighted by molar-refractivity contribution is -0.141. The third-order valence-electron chi connectivity index (χ3n) is 7.01. The van der Waals surface area contributed by atoms with Crippen molar-refractivity contribution in [2.24, 2.45) is 11.1 Å². The number of fused-ring (bicyclic) bond motifs is 3. The maximum Gasteiger partial charge on any atom is 0.433 e. The molecule has 192 valence electrons. The molecule has 0 radical (unpaired) electrons. The molecule has 2 aliphatic rings. The van der Waals surface area contributed by atoms with Gasteiger partial charge in [0.05, 0.1) is 25.8 Å². The number of anilines is 2. The molecule has 0 spiro atoms. The van der Waals surface area contributed by atoms with Crippen molar-refractivity contribution in [3.8, 4) is 11.1 Å². The van der Waals surface area contributed by atoms with E-state index in [9.17, 15) is 22.9 Å². The van der Waals surface area contributed by atoms with E-state index in [4.69, 9.17) is 4.74 Å². The Labute approximate surface area is 211 Å². The predicted octanol–water partition coefficient (Wildman–Crippen LogP) is 5.47. The van der Waals surface area contributed by atoms with Crippen molar-refractivity contribution in [2.75, 3.05) is 36.5 Å². The van der Waals surface area contributed by atoms with Crippen LogP contribution < -0.4 is 10.2 Å². The van der Waals surface area contributed by atoms with Crippen LogP contribution in [0, 0.1) is 17.7 Å². The van der Waals surface area contributed by atoms with E-state index in [2.05, 4.69) is 32.5 Å². The average molecular weight is 511 g/mol. The fourth-order valence-electron chi connectivity index (χ4n) is 5.13. The number of nitrogens with zero attached hydrogens (tertiary/aromatic N) is 3. The molecule has 0 saturated carbocycles. The summed E-state index contributed by atoms with van der Waals surface area (Å²) in [5.74, 6) is -0.554. The number of morpholine rings is 1. The first-order valence-corrected chi connectivity index (χ1v) is 12.0. The summed E-state index contributed by atoms with van der Waals surface area (Å²) in [7, 11) is 0. The van der Waals surface area contributed by atoms with Gasteiger partial charge in [-0.05, 0) is 65.9 Å². The van der Waals surface area contributed by atoms with Gasteiger partial charge in [-0.15, -0.1) is 0 Å². The Kier molecular flexibility index (Phi) is 6.68. The van der Waals surface area contributed by atoms with Crippen molar-refractivity contribution >= 4 is 17.3 Å². The molecule has 1 N–H and O–H groups in total. The van der Waals surface area contributed by atoms with E-state index in [0.29, 0.717) is 18.9 Å². The number of hydrogen-bond donors (Lipinski definition) is 1. The summed E-state index contributed by atoms with van der Waals surface area (Å²) in [4.78, 5) is 29.3. The Bertz CT molecular complexity index is 1340. The number of amides is 1. The number of nitroso groups, excluding NO2 is 1. The summed E-state index contributed by atoms with van der Waals surface area (Å²) in [6.07, 6.45) is -2.92. The standard InChI is InChI=1S/C27H25F3N4O3/c1-16-2-5-21(33-26(35)19-6-7-31-25(12-19)27(28,29)30)13-22(16)17-3-4-18-10-20(14-32-36)24-15-37-9-8-34(24)23(18)11-17/h2-7,11-13,20,24H,8-10,14-15H2,1H3,(H,33,35). The fraction of sp³-hybridized carbons (Fsp3) is 0.333. The molecule has 1 fully saturated rings. The number of aryl methyl sites for hydroxylation is 1. The van der Waals surface area contributed by atoms with Gasteiger partial charge in [0.25, 0.3) is 5.91 Å². The number of hydrogen-bond acceptors (Lipinski definition) is 6. The van der Waals surface area contributed by atoms with E-state index in [1.807, 2.05) is 25.1 Å². The largest absolute Gasteiger partial charge is 0.433 e. The molecule has 10 heteroatoms. The average Bonchev–Trinajstić information content (AvgIpc) is 2.89. The predicted molar refractivity (Wildman–Crippen MR) is 134 cm³/mol. The van der Waals surface area contributed by atoms with Gasteiger partial charge in [-0.1, -0.05) is 23.4 Å². The van der Waals surface area contributed by atoms with Gasteiger partial charge in [0.15, 0.2) is 0 Å². The molecule has 5 rings (SSSR count). The first-order chi connectivity index (χ1) is 17.7. The monoisotopic (exact) mass is 510 g/mol. The molecular weight excluding hydrogens is 485 g/mol. The summed E-state index contributed by atoms with van der Waals surface area (Å²) < 4.78 is 44.7. The number of carbonyl (C=O) groups is 1. The minimum Gasteiger partial charge on any atom is -0.377 e. The van der Waals surface area contributed by atoms with Gasteiger partial charge in [0.2, 0.25) is 0 Å². The first-order valence-electron chi connectivity index (χ1n) is 12.0. The summed E-state index contributed by atoms with van der Waals surface area (Å²) in [5, 5.41) is 5.85. The molecule has 3 aromatic rings. The van der Waals surface area contributed by atoms with E-state index < -0.39 is 17.8 Å². The van der Waals surface area contributed by atoms with Crippen LogP contribution in [0.15, 0.2) is 59.9 Å². The number of carbonyl (C=O) groups excluding carboxylic acids is 1. The lowest BCUT2D eigenvalue weighted by Crippen LogP contribution is -2.53. The van der Waals surface area contributed by atoms with E-state index in [1.165, 1.54) is 6.07 Å². The van der Waals surface area contributed by atoms with Crippen molar-refractivity contribution < 1.29 is 22.7 Å². The molecule has 2 aromatic carbocycles. The van der Waals surface area contributed by atoms with Gasteiger partial charge < -0.3 is 15.0 Å². The second-order valence-electron chi connectivity index (χ2n) is 9.37. The molecule has 1 aromatic heterocycles. The SMILES string of the molecule is Cc1ccc(NC(=O)c2ccnc(C(F)(F)F)c2)cc1-c1ccc2c(c1)N1CCOCC1C(CN=O)C2. The summed E-state index contributed by atoms with van der Waals surface area (Å²) in [6, 6.07) is 13.7. The number of ether oxygens (including phenoxy) is 1.